The van der Waals surface area contributed by atoms with E-state index in [0.29, 0.717) is 33.9 Å². The van der Waals surface area contributed by atoms with Crippen LogP contribution < -0.4 is 9.47 Å². The second-order valence-corrected chi connectivity index (χ2v) is 9.46. The lowest BCUT2D eigenvalue weighted by Crippen LogP contribution is -2.32. The molecule has 0 aliphatic carbocycles. The van der Waals surface area contributed by atoms with Crippen molar-refractivity contribution >= 4 is 17.8 Å². The first kappa shape index (κ1) is 27.9. The Bertz CT molecular complexity index is 1320. The number of methoxy groups -OCH3 is 2. The number of carbonyl (C=O) groups excluding carboxylic acids is 3. The Balaban J connectivity index is 1.60. The van der Waals surface area contributed by atoms with Gasteiger partial charge in [0.15, 0.2) is 0 Å². The maximum Gasteiger partial charge on any atom is 0.333 e. The van der Waals surface area contributed by atoms with Gasteiger partial charge in [-0.05, 0) is 64.9 Å². The fraction of sp³-hybridized carbons (Fsp3) is 0.323. The van der Waals surface area contributed by atoms with E-state index in [9.17, 15) is 19.5 Å². The van der Waals surface area contributed by atoms with Gasteiger partial charge in [0.05, 0.1) is 20.6 Å². The molecule has 1 atom stereocenters. The molecule has 1 heterocycles. The van der Waals surface area contributed by atoms with Gasteiger partial charge in [-0.1, -0.05) is 55.8 Å². The molecule has 8 heteroatoms. The number of nitrogens with zero attached hydrogens (tertiary/aromatic N) is 1. The Morgan fingerprint density at radius 1 is 0.846 bits per heavy atom. The molecule has 1 N–H and O–H groups in total. The van der Waals surface area contributed by atoms with Crippen LogP contribution in [0.15, 0.2) is 66.7 Å². The summed E-state index contributed by atoms with van der Waals surface area (Å²) < 4.78 is 10.9. The highest BCUT2D eigenvalue weighted by Crippen LogP contribution is 2.39. The van der Waals surface area contributed by atoms with Crippen LogP contribution >= 0.6 is 0 Å². The van der Waals surface area contributed by atoms with Crippen molar-refractivity contribution in [3.8, 4) is 11.5 Å². The van der Waals surface area contributed by atoms with Gasteiger partial charge in [0.25, 0.3) is 11.8 Å². The third kappa shape index (κ3) is 5.96. The predicted molar refractivity (Wildman–Crippen MR) is 144 cm³/mol. The molecule has 0 bridgehead atoms. The Kier molecular flexibility index (Phi) is 8.66. The molecule has 2 amide bonds. The van der Waals surface area contributed by atoms with Crippen molar-refractivity contribution in [1.82, 2.24) is 5.06 Å². The lowest BCUT2D eigenvalue weighted by atomic mass is 9.79. The van der Waals surface area contributed by atoms with Crippen LogP contribution in [0.2, 0.25) is 0 Å². The fourth-order valence-electron chi connectivity index (χ4n) is 4.76. The topological polar surface area (TPSA) is 102 Å². The molecule has 1 aliphatic rings. The quantitative estimate of drug-likeness (QED) is 0.288. The Morgan fingerprint density at radius 3 is 2.00 bits per heavy atom. The number of hydrogen-bond donors (Lipinski definition) is 1. The smallest absolute Gasteiger partial charge is 0.333 e. The minimum Gasteiger partial charge on any atom is -0.497 e. The van der Waals surface area contributed by atoms with Crippen molar-refractivity contribution in [3.05, 3.63) is 94.5 Å². The maximum atomic E-state index is 12.3. The van der Waals surface area contributed by atoms with Crippen LogP contribution in [0.25, 0.3) is 0 Å². The highest BCUT2D eigenvalue weighted by molar-refractivity contribution is 6.01. The van der Waals surface area contributed by atoms with Gasteiger partial charge in [-0.3, -0.25) is 9.59 Å². The van der Waals surface area contributed by atoms with Crippen LogP contribution in [0.3, 0.4) is 0 Å². The van der Waals surface area contributed by atoms with Crippen molar-refractivity contribution in [2.24, 2.45) is 0 Å². The Labute approximate surface area is 228 Å². The van der Waals surface area contributed by atoms with Crippen molar-refractivity contribution in [2.45, 2.75) is 51.0 Å². The second kappa shape index (κ2) is 12.1. The van der Waals surface area contributed by atoms with Crippen molar-refractivity contribution in [1.29, 1.82) is 0 Å². The van der Waals surface area contributed by atoms with E-state index in [4.69, 9.17) is 14.3 Å². The molecule has 1 fully saturated rings. The van der Waals surface area contributed by atoms with Crippen LogP contribution in [0.5, 0.6) is 11.5 Å². The zero-order chi connectivity index (χ0) is 28.0. The summed E-state index contributed by atoms with van der Waals surface area (Å²) >= 11 is 0. The molecule has 39 heavy (non-hydrogen) atoms. The largest absolute Gasteiger partial charge is 0.497 e. The van der Waals surface area contributed by atoms with Crippen molar-refractivity contribution < 1.29 is 33.8 Å². The molecule has 8 nitrogen and oxygen atoms in total. The van der Waals surface area contributed by atoms with E-state index in [0.717, 1.165) is 29.7 Å². The molecular formula is C31H33NO7. The van der Waals surface area contributed by atoms with Gasteiger partial charge in [-0.15, -0.1) is 5.06 Å². The van der Waals surface area contributed by atoms with Gasteiger partial charge in [-0.2, -0.15) is 0 Å². The normalized spacial score (nSPS) is 14.7. The molecule has 1 saturated heterocycles. The van der Waals surface area contributed by atoms with Crippen LogP contribution in [-0.2, 0) is 37.7 Å². The molecule has 204 valence electrons. The van der Waals surface area contributed by atoms with E-state index in [1.54, 1.807) is 14.2 Å². The fourth-order valence-corrected chi connectivity index (χ4v) is 4.76. The summed E-state index contributed by atoms with van der Waals surface area (Å²) in [6, 6.07) is 20.4. The van der Waals surface area contributed by atoms with Gasteiger partial charge in [0, 0.05) is 12.8 Å². The number of hydroxylamine groups is 2. The Morgan fingerprint density at radius 2 is 1.44 bits per heavy atom. The number of rotatable bonds is 11. The average Bonchev–Trinajstić information content (AvgIpc) is 3.28. The molecule has 3 aromatic carbocycles. The molecule has 1 aliphatic heterocycles. The summed E-state index contributed by atoms with van der Waals surface area (Å²) in [6.45, 7) is 2.09. The lowest BCUT2D eigenvalue weighted by molar-refractivity contribution is -0.197. The summed E-state index contributed by atoms with van der Waals surface area (Å²) in [5.41, 5.74) is 2.41. The minimum absolute atomic E-state index is 0.00197. The first-order valence-corrected chi connectivity index (χ1v) is 13.0. The average molecular weight is 532 g/mol. The SMILES string of the molecule is CCCc1cc(C(O)(c2ccc(CCC(=O)ON3C(=O)CCC3=O)cc2)c2ccc(OC)cc2)ccc1OC. The van der Waals surface area contributed by atoms with Gasteiger partial charge < -0.3 is 19.4 Å². The molecule has 1 unspecified atom stereocenters. The first-order valence-electron chi connectivity index (χ1n) is 13.0. The standard InChI is InChI=1S/C31H33NO7/c1-4-5-22-20-25(13-16-27(22)38-3)31(36,24-11-14-26(37-2)15-12-24)23-9-6-21(7-10-23)8-19-30(35)39-32-28(33)17-18-29(32)34/h6-7,9-16,20,36H,4-5,8,17-19H2,1-3H3. The van der Waals surface area contributed by atoms with Crippen LogP contribution in [0.1, 0.15) is 60.4 Å². The zero-order valence-corrected chi connectivity index (χ0v) is 22.4. The molecule has 4 rings (SSSR count). The number of aryl methyl sites for hydroxylation is 2. The summed E-state index contributed by atoms with van der Waals surface area (Å²) in [5.74, 6) is -0.203. The first-order chi connectivity index (χ1) is 18.8. The second-order valence-electron chi connectivity index (χ2n) is 9.46. The number of amides is 2. The van der Waals surface area contributed by atoms with E-state index in [1.165, 1.54) is 0 Å². The maximum absolute atomic E-state index is 12.3. The monoisotopic (exact) mass is 531 g/mol. The Hall–Kier alpha value is -4.17. The van der Waals surface area contributed by atoms with Gasteiger partial charge in [0.2, 0.25) is 0 Å². The molecule has 0 aromatic heterocycles. The molecule has 0 radical (unpaired) electrons. The molecule has 3 aromatic rings. The number of carbonyl (C=O) groups is 3. The van der Waals surface area contributed by atoms with Crippen LogP contribution in [-0.4, -0.2) is 42.2 Å². The molecule has 0 spiro atoms. The summed E-state index contributed by atoms with van der Waals surface area (Å²) in [6.07, 6.45) is 2.19. The van der Waals surface area contributed by atoms with Gasteiger partial charge in [-0.25, -0.2) is 4.79 Å². The van der Waals surface area contributed by atoms with E-state index in [2.05, 4.69) is 6.92 Å². The number of ether oxygens (including phenoxy) is 2. The van der Waals surface area contributed by atoms with Gasteiger partial charge >= 0.3 is 5.97 Å². The third-order valence-corrected chi connectivity index (χ3v) is 6.91. The van der Waals surface area contributed by atoms with E-state index >= 15 is 0 Å². The van der Waals surface area contributed by atoms with Crippen LogP contribution in [0, 0.1) is 0 Å². The summed E-state index contributed by atoms with van der Waals surface area (Å²) in [7, 11) is 3.23. The highest BCUT2D eigenvalue weighted by Gasteiger charge is 2.35. The van der Waals surface area contributed by atoms with E-state index in [1.807, 2.05) is 66.7 Å². The lowest BCUT2D eigenvalue weighted by Gasteiger charge is -2.31. The summed E-state index contributed by atoms with van der Waals surface area (Å²) in [4.78, 5) is 40.5. The van der Waals surface area contributed by atoms with E-state index < -0.39 is 23.4 Å². The summed E-state index contributed by atoms with van der Waals surface area (Å²) in [5, 5.41) is 12.9. The van der Waals surface area contributed by atoms with Crippen LogP contribution in [0.4, 0.5) is 0 Å². The predicted octanol–water partition coefficient (Wildman–Crippen LogP) is 4.48. The van der Waals surface area contributed by atoms with Crippen molar-refractivity contribution in [2.75, 3.05) is 14.2 Å². The minimum atomic E-state index is -1.46. The van der Waals surface area contributed by atoms with Gasteiger partial charge in [0.1, 0.15) is 17.1 Å². The number of imide groups is 1. The highest BCUT2D eigenvalue weighted by atomic mass is 16.7. The zero-order valence-electron chi connectivity index (χ0n) is 22.4. The number of benzene rings is 3. The number of aliphatic hydroxyl groups is 1. The molecular weight excluding hydrogens is 498 g/mol. The molecule has 0 saturated carbocycles. The third-order valence-electron chi connectivity index (χ3n) is 6.91. The van der Waals surface area contributed by atoms with E-state index in [-0.39, 0.29) is 19.3 Å². The van der Waals surface area contributed by atoms with Crippen molar-refractivity contribution in [3.63, 3.8) is 0 Å². The number of hydrogen-bond acceptors (Lipinski definition) is 7.